The zero-order valence-corrected chi connectivity index (χ0v) is 10.5. The summed E-state index contributed by atoms with van der Waals surface area (Å²) in [5.74, 6) is -0.140. The van der Waals surface area contributed by atoms with E-state index in [2.05, 4.69) is 5.32 Å². The molecule has 5 nitrogen and oxygen atoms in total. The quantitative estimate of drug-likeness (QED) is 0.514. The SMILES string of the molecule is COCC(CCCN)NC(C(N)=O)C(C)C. The smallest absolute Gasteiger partial charge is 0.234 e. The van der Waals surface area contributed by atoms with Gasteiger partial charge < -0.3 is 21.5 Å². The highest BCUT2D eigenvalue weighted by Gasteiger charge is 2.22. The first-order valence-corrected chi connectivity index (χ1v) is 5.77. The summed E-state index contributed by atoms with van der Waals surface area (Å²) in [5.41, 5.74) is 10.8. The molecular weight excluding hydrogens is 206 g/mol. The lowest BCUT2D eigenvalue weighted by Gasteiger charge is -2.25. The lowest BCUT2D eigenvalue weighted by Crippen LogP contribution is -2.50. The van der Waals surface area contributed by atoms with Gasteiger partial charge in [-0.1, -0.05) is 13.8 Å². The number of hydrogen-bond acceptors (Lipinski definition) is 4. The van der Waals surface area contributed by atoms with E-state index < -0.39 is 0 Å². The minimum atomic E-state index is -0.316. The van der Waals surface area contributed by atoms with Crippen LogP contribution in [0.15, 0.2) is 0 Å². The summed E-state index contributed by atoms with van der Waals surface area (Å²) in [7, 11) is 1.64. The Hall–Kier alpha value is -0.650. The van der Waals surface area contributed by atoms with E-state index >= 15 is 0 Å². The first-order chi connectivity index (χ1) is 7.52. The predicted molar refractivity (Wildman–Crippen MR) is 64.9 cm³/mol. The Morgan fingerprint density at radius 2 is 2.06 bits per heavy atom. The van der Waals surface area contributed by atoms with Crippen molar-refractivity contribution >= 4 is 5.91 Å². The van der Waals surface area contributed by atoms with E-state index in [-0.39, 0.29) is 23.9 Å². The number of nitrogens with one attached hydrogen (secondary N) is 1. The number of ether oxygens (including phenoxy) is 1. The van der Waals surface area contributed by atoms with Crippen LogP contribution in [0.25, 0.3) is 0 Å². The Kier molecular flexibility index (Phi) is 8.15. The molecular formula is C11H25N3O2. The summed E-state index contributed by atoms with van der Waals surface area (Å²) < 4.78 is 5.11. The fourth-order valence-corrected chi connectivity index (χ4v) is 1.64. The molecule has 5 heteroatoms. The van der Waals surface area contributed by atoms with Gasteiger partial charge in [-0.2, -0.15) is 0 Å². The number of primary amides is 1. The first-order valence-electron chi connectivity index (χ1n) is 5.77. The Morgan fingerprint density at radius 1 is 1.44 bits per heavy atom. The Morgan fingerprint density at radius 3 is 2.44 bits per heavy atom. The molecule has 0 aromatic rings. The molecule has 0 aliphatic heterocycles. The van der Waals surface area contributed by atoms with Crippen molar-refractivity contribution in [1.82, 2.24) is 5.32 Å². The molecule has 0 aromatic heterocycles. The zero-order valence-electron chi connectivity index (χ0n) is 10.5. The van der Waals surface area contributed by atoms with Crippen molar-refractivity contribution in [2.75, 3.05) is 20.3 Å². The van der Waals surface area contributed by atoms with Crippen LogP contribution in [0.2, 0.25) is 0 Å². The van der Waals surface area contributed by atoms with E-state index in [0.717, 1.165) is 12.8 Å². The van der Waals surface area contributed by atoms with E-state index in [0.29, 0.717) is 13.2 Å². The molecule has 0 heterocycles. The normalized spacial score (nSPS) is 15.1. The number of amides is 1. The van der Waals surface area contributed by atoms with Crippen molar-refractivity contribution < 1.29 is 9.53 Å². The average molecular weight is 231 g/mol. The summed E-state index contributed by atoms with van der Waals surface area (Å²) in [6.45, 7) is 5.14. The van der Waals surface area contributed by atoms with Gasteiger partial charge in [0.2, 0.25) is 5.91 Å². The van der Waals surface area contributed by atoms with Crippen molar-refractivity contribution in [2.24, 2.45) is 17.4 Å². The standard InChI is InChI=1S/C11H25N3O2/c1-8(2)10(11(13)15)14-9(7-16-3)5-4-6-12/h8-10,14H,4-7,12H2,1-3H3,(H2,13,15). The molecule has 2 atom stereocenters. The molecule has 0 fully saturated rings. The molecule has 0 aromatic carbocycles. The number of methoxy groups -OCH3 is 1. The van der Waals surface area contributed by atoms with Crippen LogP contribution >= 0.6 is 0 Å². The Bertz CT molecular complexity index is 198. The molecule has 0 spiro atoms. The molecule has 0 bridgehead atoms. The first kappa shape index (κ1) is 15.3. The number of carbonyl (C=O) groups is 1. The molecule has 96 valence electrons. The topological polar surface area (TPSA) is 90.4 Å². The average Bonchev–Trinajstić information content (AvgIpc) is 2.21. The molecule has 0 saturated heterocycles. The van der Waals surface area contributed by atoms with Gasteiger partial charge in [-0.05, 0) is 25.3 Å². The summed E-state index contributed by atoms with van der Waals surface area (Å²) in [6, 6.07) is -0.175. The maximum Gasteiger partial charge on any atom is 0.234 e. The van der Waals surface area contributed by atoms with Gasteiger partial charge in [0.1, 0.15) is 0 Å². The molecule has 0 aliphatic rings. The molecule has 0 rings (SSSR count). The second-order valence-electron chi connectivity index (χ2n) is 4.37. The van der Waals surface area contributed by atoms with Crippen LogP contribution < -0.4 is 16.8 Å². The summed E-state index contributed by atoms with van der Waals surface area (Å²) in [6.07, 6.45) is 1.80. The Balaban J connectivity index is 4.26. The van der Waals surface area contributed by atoms with Crippen molar-refractivity contribution in [1.29, 1.82) is 0 Å². The van der Waals surface area contributed by atoms with Gasteiger partial charge in [-0.25, -0.2) is 0 Å². The largest absolute Gasteiger partial charge is 0.383 e. The third-order valence-corrected chi connectivity index (χ3v) is 2.51. The second kappa shape index (κ2) is 8.50. The van der Waals surface area contributed by atoms with E-state index in [9.17, 15) is 4.79 Å². The van der Waals surface area contributed by atoms with Crippen LogP contribution in [0.3, 0.4) is 0 Å². The number of carbonyl (C=O) groups excluding carboxylic acids is 1. The molecule has 1 amide bonds. The third kappa shape index (κ3) is 6.05. The van der Waals surface area contributed by atoms with E-state index in [1.807, 2.05) is 13.8 Å². The lowest BCUT2D eigenvalue weighted by molar-refractivity contribution is -0.121. The zero-order chi connectivity index (χ0) is 12.6. The monoisotopic (exact) mass is 231 g/mol. The van der Waals surface area contributed by atoms with E-state index in [1.54, 1.807) is 7.11 Å². The summed E-state index contributed by atoms with van der Waals surface area (Å²) in [4.78, 5) is 11.2. The van der Waals surface area contributed by atoms with Crippen molar-refractivity contribution in [2.45, 2.75) is 38.8 Å². The van der Waals surface area contributed by atoms with Crippen LogP contribution in [0.1, 0.15) is 26.7 Å². The van der Waals surface area contributed by atoms with Crippen molar-refractivity contribution in [3.63, 3.8) is 0 Å². The highest BCUT2D eigenvalue weighted by atomic mass is 16.5. The van der Waals surface area contributed by atoms with Gasteiger partial charge >= 0.3 is 0 Å². The van der Waals surface area contributed by atoms with Crippen molar-refractivity contribution in [3.05, 3.63) is 0 Å². The maximum atomic E-state index is 11.2. The minimum absolute atomic E-state index is 0.133. The summed E-state index contributed by atoms with van der Waals surface area (Å²) in [5, 5.41) is 3.23. The molecule has 0 saturated carbocycles. The molecule has 16 heavy (non-hydrogen) atoms. The van der Waals surface area contributed by atoms with E-state index in [1.165, 1.54) is 0 Å². The van der Waals surface area contributed by atoms with Gasteiger partial charge in [-0.15, -0.1) is 0 Å². The number of hydrogen-bond donors (Lipinski definition) is 3. The lowest BCUT2D eigenvalue weighted by atomic mass is 10.0. The van der Waals surface area contributed by atoms with Crippen molar-refractivity contribution in [3.8, 4) is 0 Å². The number of nitrogens with two attached hydrogens (primary N) is 2. The maximum absolute atomic E-state index is 11.2. The molecule has 2 unspecified atom stereocenters. The molecule has 5 N–H and O–H groups in total. The third-order valence-electron chi connectivity index (χ3n) is 2.51. The number of rotatable bonds is 9. The van der Waals surface area contributed by atoms with Crippen LogP contribution in [-0.4, -0.2) is 38.3 Å². The fraction of sp³-hybridized carbons (Fsp3) is 0.909. The van der Waals surface area contributed by atoms with Gasteiger partial charge in [0.05, 0.1) is 12.6 Å². The summed E-state index contributed by atoms with van der Waals surface area (Å²) >= 11 is 0. The van der Waals surface area contributed by atoms with Crippen LogP contribution in [0.4, 0.5) is 0 Å². The highest BCUT2D eigenvalue weighted by molar-refractivity contribution is 5.80. The van der Waals surface area contributed by atoms with Gasteiger partial charge in [0.25, 0.3) is 0 Å². The second-order valence-corrected chi connectivity index (χ2v) is 4.37. The fourth-order valence-electron chi connectivity index (χ4n) is 1.64. The van der Waals surface area contributed by atoms with Gasteiger partial charge in [0.15, 0.2) is 0 Å². The van der Waals surface area contributed by atoms with Crippen LogP contribution in [0.5, 0.6) is 0 Å². The van der Waals surface area contributed by atoms with Gasteiger partial charge in [-0.3, -0.25) is 4.79 Å². The Labute approximate surface area is 97.9 Å². The molecule has 0 aliphatic carbocycles. The van der Waals surface area contributed by atoms with Gasteiger partial charge in [0, 0.05) is 13.2 Å². The predicted octanol–water partition coefficient (Wildman–Crippen LogP) is -0.160. The van der Waals surface area contributed by atoms with Crippen LogP contribution in [0, 0.1) is 5.92 Å². The van der Waals surface area contributed by atoms with E-state index in [4.69, 9.17) is 16.2 Å². The van der Waals surface area contributed by atoms with Crippen LogP contribution in [-0.2, 0) is 9.53 Å². The molecule has 0 radical (unpaired) electrons. The highest BCUT2D eigenvalue weighted by Crippen LogP contribution is 2.05. The minimum Gasteiger partial charge on any atom is -0.383 e.